The normalized spacial score (nSPS) is 30.5. The summed E-state index contributed by atoms with van der Waals surface area (Å²) in [4.78, 5) is 24.4. The number of hydrogen-bond donors (Lipinski definition) is 0. The van der Waals surface area contributed by atoms with E-state index in [9.17, 15) is 23.3 Å². The monoisotopic (exact) mass is 462 g/mol. The molecule has 0 radical (unpaired) electrons. The van der Waals surface area contributed by atoms with Gasteiger partial charge in [-0.1, -0.05) is 18.2 Å². The molecule has 0 saturated heterocycles. The number of nitrogens with zero attached hydrogens (tertiary/aromatic N) is 2. The van der Waals surface area contributed by atoms with Crippen molar-refractivity contribution in [3.63, 3.8) is 0 Å². The summed E-state index contributed by atoms with van der Waals surface area (Å²) in [5.41, 5.74) is -1.29. The van der Waals surface area contributed by atoms with Crippen molar-refractivity contribution in [3.8, 4) is 0 Å². The molecule has 5 rings (SSSR count). The SMILES string of the molecule is CC(c1ccccc1[N+](=O)[O-])S(=O)(=O)N(C)C(C)(C)C(=O)CC12CC3CC(CC(C3)C1)C2. The molecule has 0 N–H and O–H groups in total. The molecule has 4 saturated carbocycles. The highest BCUT2D eigenvalue weighted by Gasteiger charge is 2.53. The summed E-state index contributed by atoms with van der Waals surface area (Å²) in [5.74, 6) is 2.10. The Hall–Kier alpha value is -1.80. The Morgan fingerprint density at radius 3 is 2.16 bits per heavy atom. The molecule has 4 aliphatic rings. The van der Waals surface area contributed by atoms with Gasteiger partial charge in [-0.15, -0.1) is 0 Å². The van der Waals surface area contributed by atoms with Gasteiger partial charge in [-0.05, 0) is 82.5 Å². The number of nitro benzene ring substituents is 1. The van der Waals surface area contributed by atoms with Crippen molar-refractivity contribution in [2.24, 2.45) is 23.2 Å². The molecule has 4 bridgehead atoms. The molecule has 7 nitrogen and oxygen atoms in total. The first-order chi connectivity index (χ1) is 14.9. The lowest BCUT2D eigenvalue weighted by Crippen LogP contribution is -2.54. The summed E-state index contributed by atoms with van der Waals surface area (Å²) >= 11 is 0. The molecule has 1 aromatic rings. The van der Waals surface area contributed by atoms with Crippen LogP contribution in [-0.4, -0.2) is 36.0 Å². The quantitative estimate of drug-likeness (QED) is 0.405. The van der Waals surface area contributed by atoms with Crippen LogP contribution in [0.25, 0.3) is 0 Å². The Morgan fingerprint density at radius 1 is 1.16 bits per heavy atom. The average molecular weight is 463 g/mol. The Balaban J connectivity index is 1.55. The Kier molecular flexibility index (Phi) is 5.77. The number of benzene rings is 1. The Labute approximate surface area is 190 Å². The second-order valence-corrected chi connectivity index (χ2v) is 13.3. The van der Waals surface area contributed by atoms with Crippen molar-refractivity contribution in [1.82, 2.24) is 4.31 Å². The van der Waals surface area contributed by atoms with E-state index in [2.05, 4.69) is 0 Å². The lowest BCUT2D eigenvalue weighted by molar-refractivity contribution is -0.385. The summed E-state index contributed by atoms with van der Waals surface area (Å²) in [5, 5.41) is 10.3. The van der Waals surface area contributed by atoms with Crippen LogP contribution >= 0.6 is 0 Å². The van der Waals surface area contributed by atoms with Crippen molar-refractivity contribution in [3.05, 3.63) is 39.9 Å². The van der Waals surface area contributed by atoms with Crippen molar-refractivity contribution in [2.45, 2.75) is 76.5 Å². The number of Topliss-reactive ketones (excluding diaryl/α,β-unsaturated/α-hetero) is 1. The van der Waals surface area contributed by atoms with Crippen LogP contribution in [0.2, 0.25) is 0 Å². The van der Waals surface area contributed by atoms with Crippen LogP contribution in [-0.2, 0) is 14.8 Å². The molecule has 4 aliphatic carbocycles. The first-order valence-corrected chi connectivity index (χ1v) is 13.1. The number of para-hydroxylation sites is 1. The molecular weight excluding hydrogens is 428 g/mol. The predicted octanol–water partition coefficient (Wildman–Crippen LogP) is 4.87. The Morgan fingerprint density at radius 2 is 1.66 bits per heavy atom. The smallest absolute Gasteiger partial charge is 0.273 e. The van der Waals surface area contributed by atoms with Gasteiger partial charge in [0.25, 0.3) is 5.69 Å². The van der Waals surface area contributed by atoms with Gasteiger partial charge in [0.2, 0.25) is 10.0 Å². The molecule has 1 atom stereocenters. The van der Waals surface area contributed by atoms with E-state index in [-0.39, 0.29) is 22.4 Å². The number of ketones is 1. The fourth-order valence-electron chi connectivity index (χ4n) is 6.95. The number of rotatable bonds is 8. The Bertz CT molecular complexity index is 997. The molecule has 0 heterocycles. The third-order valence-corrected chi connectivity index (χ3v) is 10.9. The fourth-order valence-corrected chi connectivity index (χ4v) is 8.68. The first kappa shape index (κ1) is 23.4. The predicted molar refractivity (Wildman–Crippen MR) is 123 cm³/mol. The first-order valence-electron chi connectivity index (χ1n) is 11.6. The third-order valence-electron chi connectivity index (χ3n) is 8.57. The number of carbonyl (C=O) groups is 1. The zero-order valence-electron chi connectivity index (χ0n) is 19.4. The number of hydrogen-bond acceptors (Lipinski definition) is 5. The molecule has 0 spiro atoms. The highest BCUT2D eigenvalue weighted by atomic mass is 32.2. The van der Waals surface area contributed by atoms with Gasteiger partial charge in [0.1, 0.15) is 5.25 Å². The fraction of sp³-hybridized carbons (Fsp3) is 0.708. The molecule has 1 aromatic carbocycles. The maximum Gasteiger partial charge on any atom is 0.273 e. The number of nitro groups is 1. The molecule has 0 amide bonds. The van der Waals surface area contributed by atoms with E-state index >= 15 is 0 Å². The molecule has 32 heavy (non-hydrogen) atoms. The maximum atomic E-state index is 13.6. The number of likely N-dealkylation sites (N-methyl/N-ethyl adjacent to an activating group) is 1. The lowest BCUT2D eigenvalue weighted by Gasteiger charge is -2.57. The van der Waals surface area contributed by atoms with E-state index in [0.29, 0.717) is 6.42 Å². The maximum absolute atomic E-state index is 13.6. The molecule has 8 heteroatoms. The van der Waals surface area contributed by atoms with Gasteiger partial charge in [-0.3, -0.25) is 14.9 Å². The van der Waals surface area contributed by atoms with E-state index in [1.54, 1.807) is 19.9 Å². The lowest BCUT2D eigenvalue weighted by atomic mass is 9.48. The van der Waals surface area contributed by atoms with E-state index in [1.807, 2.05) is 0 Å². The standard InChI is InChI=1S/C24H34N2O5S/c1-16(20-7-5-6-8-21(20)26(28)29)32(30,31)25(4)23(2,3)22(27)15-24-12-17-9-18(13-24)11-19(10-17)14-24/h5-8,16-19H,9-15H2,1-4H3. The van der Waals surface area contributed by atoms with Crippen molar-refractivity contribution in [1.29, 1.82) is 0 Å². The van der Waals surface area contributed by atoms with Crippen LogP contribution in [0, 0.1) is 33.3 Å². The highest BCUT2D eigenvalue weighted by molar-refractivity contribution is 7.89. The minimum atomic E-state index is -4.01. The van der Waals surface area contributed by atoms with E-state index in [0.717, 1.165) is 41.3 Å². The van der Waals surface area contributed by atoms with Gasteiger partial charge in [-0.2, -0.15) is 4.31 Å². The van der Waals surface area contributed by atoms with Crippen molar-refractivity contribution in [2.75, 3.05) is 7.05 Å². The van der Waals surface area contributed by atoms with Gasteiger partial charge in [-0.25, -0.2) is 8.42 Å². The van der Waals surface area contributed by atoms with Crippen molar-refractivity contribution < 1.29 is 18.1 Å². The second-order valence-electron chi connectivity index (χ2n) is 11.0. The summed E-state index contributed by atoms with van der Waals surface area (Å²) < 4.78 is 28.1. The third kappa shape index (κ3) is 3.89. The molecule has 4 fully saturated rings. The van der Waals surface area contributed by atoms with Gasteiger partial charge >= 0.3 is 0 Å². The van der Waals surface area contributed by atoms with Gasteiger partial charge in [0.05, 0.1) is 10.5 Å². The summed E-state index contributed by atoms with van der Waals surface area (Å²) in [6, 6.07) is 5.89. The zero-order chi connectivity index (χ0) is 23.5. The van der Waals surface area contributed by atoms with Crippen molar-refractivity contribution >= 4 is 21.5 Å². The minimum absolute atomic E-state index is 0.0253. The molecular formula is C24H34N2O5S. The molecule has 1 unspecified atom stereocenters. The van der Waals surface area contributed by atoms with Crippen LogP contribution in [0.4, 0.5) is 5.69 Å². The van der Waals surface area contributed by atoms with Crippen LogP contribution in [0.15, 0.2) is 24.3 Å². The van der Waals surface area contributed by atoms with Crippen LogP contribution in [0.1, 0.15) is 76.5 Å². The molecule has 0 aromatic heterocycles. The molecule has 0 aliphatic heterocycles. The van der Waals surface area contributed by atoms with E-state index in [4.69, 9.17) is 0 Å². The van der Waals surface area contributed by atoms with E-state index in [1.165, 1.54) is 51.4 Å². The zero-order valence-corrected chi connectivity index (χ0v) is 20.2. The van der Waals surface area contributed by atoms with Crippen LogP contribution < -0.4 is 0 Å². The highest BCUT2D eigenvalue weighted by Crippen LogP contribution is 2.61. The minimum Gasteiger partial charge on any atom is -0.298 e. The van der Waals surface area contributed by atoms with Crippen LogP contribution in [0.5, 0.6) is 0 Å². The largest absolute Gasteiger partial charge is 0.298 e. The van der Waals surface area contributed by atoms with Gasteiger partial charge in [0, 0.05) is 25.1 Å². The average Bonchev–Trinajstić information content (AvgIpc) is 2.71. The van der Waals surface area contributed by atoms with Crippen LogP contribution in [0.3, 0.4) is 0 Å². The van der Waals surface area contributed by atoms with Gasteiger partial charge < -0.3 is 0 Å². The van der Waals surface area contributed by atoms with E-state index < -0.39 is 25.7 Å². The molecule has 176 valence electrons. The summed E-state index contributed by atoms with van der Waals surface area (Å²) in [7, 11) is -2.58. The number of sulfonamides is 1. The van der Waals surface area contributed by atoms with Gasteiger partial charge in [0.15, 0.2) is 5.78 Å². The second kappa shape index (κ2) is 7.90. The summed E-state index contributed by atoms with van der Waals surface area (Å²) in [6.07, 6.45) is 7.55. The number of carbonyl (C=O) groups excluding carboxylic acids is 1. The summed E-state index contributed by atoms with van der Waals surface area (Å²) in [6.45, 7) is 4.78. The topological polar surface area (TPSA) is 97.6 Å².